The van der Waals surface area contributed by atoms with Crippen molar-refractivity contribution in [2.45, 2.75) is 302 Å². The lowest BCUT2D eigenvalue weighted by Crippen LogP contribution is -2.37. The largest absolute Gasteiger partial charge is 0.756 e. The van der Waals surface area contributed by atoms with E-state index in [0.717, 1.165) is 44.9 Å². The molecular formula is C64H120NO8P. The van der Waals surface area contributed by atoms with Gasteiger partial charge in [-0.05, 0) is 38.5 Å². The molecule has 0 amide bonds. The highest BCUT2D eigenvalue weighted by atomic mass is 31.2. The molecule has 0 heterocycles. The molecule has 0 aliphatic rings. The number of phosphoric ester groups is 1. The molecule has 0 rings (SSSR count). The number of phosphoric acid groups is 1. The molecule has 0 bridgehead atoms. The maximum absolute atomic E-state index is 12.7. The van der Waals surface area contributed by atoms with E-state index >= 15 is 0 Å². The summed E-state index contributed by atoms with van der Waals surface area (Å²) in [5.41, 5.74) is 0. The zero-order chi connectivity index (χ0) is 54.2. The summed E-state index contributed by atoms with van der Waals surface area (Å²) in [6.45, 7) is 4.07. The van der Waals surface area contributed by atoms with Gasteiger partial charge < -0.3 is 27.9 Å². The molecule has 0 fully saturated rings. The third-order valence-corrected chi connectivity index (χ3v) is 14.8. The molecule has 0 aliphatic heterocycles. The first-order valence-electron chi connectivity index (χ1n) is 31.3. The Kier molecular flexibility index (Phi) is 54.2. The summed E-state index contributed by atoms with van der Waals surface area (Å²) in [5, 5.41) is 0. The average molecular weight is 1060 g/mol. The van der Waals surface area contributed by atoms with E-state index in [1.807, 2.05) is 33.3 Å². The van der Waals surface area contributed by atoms with Crippen LogP contribution in [0, 0.1) is 0 Å². The number of likely N-dealkylation sites (N-methyl/N-ethyl adjacent to an activating group) is 1. The Morgan fingerprint density at radius 1 is 0.432 bits per heavy atom. The molecule has 0 aromatic heterocycles. The zero-order valence-electron chi connectivity index (χ0n) is 49.3. The van der Waals surface area contributed by atoms with Gasteiger partial charge in [0.25, 0.3) is 7.82 Å². The van der Waals surface area contributed by atoms with E-state index < -0.39 is 32.5 Å². The minimum atomic E-state index is -4.65. The van der Waals surface area contributed by atoms with E-state index in [0.29, 0.717) is 17.4 Å². The number of rotatable bonds is 58. The van der Waals surface area contributed by atoms with E-state index in [1.165, 1.54) is 218 Å². The molecule has 9 nitrogen and oxygen atoms in total. The van der Waals surface area contributed by atoms with Crippen molar-refractivity contribution in [1.29, 1.82) is 0 Å². The maximum atomic E-state index is 12.7. The Morgan fingerprint density at radius 2 is 0.770 bits per heavy atom. The monoisotopic (exact) mass is 1060 g/mol. The third-order valence-electron chi connectivity index (χ3n) is 13.9. The van der Waals surface area contributed by atoms with Crippen molar-refractivity contribution in [2.24, 2.45) is 0 Å². The van der Waals surface area contributed by atoms with Crippen LogP contribution < -0.4 is 4.89 Å². The number of allylic oxidation sites excluding steroid dienone is 8. The van der Waals surface area contributed by atoms with Crippen molar-refractivity contribution in [3.63, 3.8) is 0 Å². The molecule has 0 aromatic rings. The molecule has 0 spiro atoms. The molecule has 0 saturated heterocycles. The summed E-state index contributed by atoms with van der Waals surface area (Å²) in [4.78, 5) is 37.7. The van der Waals surface area contributed by atoms with Crippen molar-refractivity contribution in [3.8, 4) is 0 Å². The second-order valence-corrected chi connectivity index (χ2v) is 23.8. The van der Waals surface area contributed by atoms with Crippen LogP contribution in [0.3, 0.4) is 0 Å². The van der Waals surface area contributed by atoms with Gasteiger partial charge in [-0.15, -0.1) is 0 Å². The lowest BCUT2D eigenvalue weighted by molar-refractivity contribution is -0.870. The van der Waals surface area contributed by atoms with Crippen molar-refractivity contribution in [1.82, 2.24) is 0 Å². The Balaban J connectivity index is 3.88. The topological polar surface area (TPSA) is 111 Å². The summed E-state index contributed by atoms with van der Waals surface area (Å²) in [6.07, 6.45) is 71.0. The minimum Gasteiger partial charge on any atom is -0.756 e. The average Bonchev–Trinajstić information content (AvgIpc) is 3.36. The fourth-order valence-electron chi connectivity index (χ4n) is 9.09. The number of unbranched alkanes of at least 4 members (excludes halogenated alkanes) is 36. The highest BCUT2D eigenvalue weighted by molar-refractivity contribution is 7.45. The quantitative estimate of drug-likeness (QED) is 0.0195. The van der Waals surface area contributed by atoms with Crippen LogP contribution in [0.4, 0.5) is 0 Å². The first-order valence-corrected chi connectivity index (χ1v) is 32.8. The summed E-state index contributed by atoms with van der Waals surface area (Å²) in [5.74, 6) is -0.919. The fourth-order valence-corrected chi connectivity index (χ4v) is 9.81. The van der Waals surface area contributed by atoms with Gasteiger partial charge in [-0.25, -0.2) is 0 Å². The lowest BCUT2D eigenvalue weighted by atomic mass is 10.0. The number of carbonyl (C=O) groups is 2. The standard InChI is InChI=1S/C64H120NO8P/c1-6-8-10-12-14-16-18-20-21-22-23-24-25-26-27-28-29-30-31-32-33-34-35-36-37-38-39-40-41-42-43-45-46-48-50-52-54-56-63(66)70-60-62(61-72-74(68,69)71-59-58-65(3,4)5)73-64(67)57-55-53-51-49-47-44-19-17-15-13-11-9-7-2/h9,11,15,17,44,47,51,53,62H,6-8,10,12-14,16,18-43,45-46,48-50,52,54-61H2,1-5H3/b11-9-,17-15-,47-44-,53-51-. The molecule has 434 valence electrons. The van der Waals surface area contributed by atoms with E-state index in [1.54, 1.807) is 0 Å². The van der Waals surface area contributed by atoms with Crippen LogP contribution >= 0.6 is 7.82 Å². The molecule has 0 saturated carbocycles. The number of esters is 2. The minimum absolute atomic E-state index is 0.0433. The first kappa shape index (κ1) is 72.0. The SMILES string of the molecule is CC/C=C\C/C=C\C/C=C\C/C=C\CCC(=O)OC(COC(=O)CCCCCCCCCCCCCCCCCCCCCCCCCCCCCCCCCCCCCCC)COP(=O)([O-])OCC[N+](C)(C)C. The van der Waals surface area contributed by atoms with E-state index in [-0.39, 0.29) is 26.1 Å². The van der Waals surface area contributed by atoms with E-state index in [2.05, 4.69) is 50.3 Å². The van der Waals surface area contributed by atoms with Crippen molar-refractivity contribution in [2.75, 3.05) is 47.5 Å². The second-order valence-electron chi connectivity index (χ2n) is 22.4. The van der Waals surface area contributed by atoms with E-state index in [9.17, 15) is 19.0 Å². The molecule has 0 radical (unpaired) electrons. The first-order chi connectivity index (χ1) is 36.0. The Bertz CT molecular complexity index is 1390. The van der Waals surface area contributed by atoms with Crippen LogP contribution in [0.25, 0.3) is 0 Å². The van der Waals surface area contributed by atoms with Gasteiger partial charge in [-0.2, -0.15) is 0 Å². The van der Waals surface area contributed by atoms with Gasteiger partial charge in [-0.3, -0.25) is 14.2 Å². The van der Waals surface area contributed by atoms with E-state index in [4.69, 9.17) is 18.5 Å². The number of carbonyl (C=O) groups excluding carboxylic acids is 2. The summed E-state index contributed by atoms with van der Waals surface area (Å²) >= 11 is 0. The van der Waals surface area contributed by atoms with Crippen LogP contribution in [0.15, 0.2) is 48.6 Å². The number of hydrogen-bond acceptors (Lipinski definition) is 8. The smallest absolute Gasteiger partial charge is 0.306 e. The molecular weight excluding hydrogens is 942 g/mol. The normalized spacial score (nSPS) is 13.5. The number of nitrogens with zero attached hydrogens (tertiary/aromatic N) is 1. The molecule has 74 heavy (non-hydrogen) atoms. The van der Waals surface area contributed by atoms with Crippen LogP contribution in [-0.2, 0) is 32.7 Å². The number of quaternary nitrogens is 1. The van der Waals surface area contributed by atoms with Gasteiger partial charge in [0.2, 0.25) is 0 Å². The number of hydrogen-bond donors (Lipinski definition) is 0. The highest BCUT2D eigenvalue weighted by Gasteiger charge is 2.21. The Hall–Kier alpha value is -2.03. The highest BCUT2D eigenvalue weighted by Crippen LogP contribution is 2.38. The molecule has 0 aliphatic carbocycles. The van der Waals surface area contributed by atoms with Gasteiger partial charge in [0, 0.05) is 12.8 Å². The molecule has 0 aromatic carbocycles. The Labute approximate surface area is 458 Å². The molecule has 2 atom stereocenters. The maximum Gasteiger partial charge on any atom is 0.306 e. The summed E-state index contributed by atoms with van der Waals surface area (Å²) < 4.78 is 34.0. The molecule has 10 heteroatoms. The lowest BCUT2D eigenvalue weighted by Gasteiger charge is -2.28. The van der Waals surface area contributed by atoms with Gasteiger partial charge >= 0.3 is 11.9 Å². The number of ether oxygens (including phenoxy) is 2. The molecule has 2 unspecified atom stereocenters. The van der Waals surface area contributed by atoms with Crippen molar-refractivity contribution >= 4 is 19.8 Å². The van der Waals surface area contributed by atoms with Crippen molar-refractivity contribution in [3.05, 3.63) is 48.6 Å². The van der Waals surface area contributed by atoms with Gasteiger partial charge in [-0.1, -0.05) is 294 Å². The van der Waals surface area contributed by atoms with Gasteiger partial charge in [0.1, 0.15) is 19.8 Å². The zero-order valence-corrected chi connectivity index (χ0v) is 50.2. The van der Waals surface area contributed by atoms with Crippen LogP contribution in [0.2, 0.25) is 0 Å². The second kappa shape index (κ2) is 55.7. The van der Waals surface area contributed by atoms with Gasteiger partial charge in [0.05, 0.1) is 27.7 Å². The van der Waals surface area contributed by atoms with Crippen LogP contribution in [0.5, 0.6) is 0 Å². The summed E-state index contributed by atoms with van der Waals surface area (Å²) in [7, 11) is 1.13. The Morgan fingerprint density at radius 3 is 1.12 bits per heavy atom. The third kappa shape index (κ3) is 59.2. The predicted molar refractivity (Wildman–Crippen MR) is 314 cm³/mol. The van der Waals surface area contributed by atoms with Crippen molar-refractivity contribution < 1.29 is 42.1 Å². The van der Waals surface area contributed by atoms with Gasteiger partial charge in [0.15, 0.2) is 6.10 Å². The van der Waals surface area contributed by atoms with Crippen LogP contribution in [0.1, 0.15) is 296 Å². The van der Waals surface area contributed by atoms with Crippen LogP contribution in [-0.4, -0.2) is 70.0 Å². The fraction of sp³-hybridized carbons (Fsp3) is 0.844. The molecule has 0 N–H and O–H groups in total. The summed E-state index contributed by atoms with van der Waals surface area (Å²) in [6, 6.07) is 0. The predicted octanol–water partition coefficient (Wildman–Crippen LogP) is 19.1.